The number of carbonyl (C=O) groups excluding carboxylic acids is 1. The summed E-state index contributed by atoms with van der Waals surface area (Å²) in [7, 11) is 3.19. The molecule has 30 heavy (non-hydrogen) atoms. The average Bonchev–Trinajstić information content (AvgIpc) is 2.98. The summed E-state index contributed by atoms with van der Waals surface area (Å²) in [6.45, 7) is 2.39. The number of carboxylic acids is 1. The Hall–Kier alpha value is -2.78. The lowest BCUT2D eigenvalue weighted by Crippen LogP contribution is -2.23. The van der Waals surface area contributed by atoms with Crippen LogP contribution in [0.1, 0.15) is 22.8 Å². The number of nitrogens with zero attached hydrogens (tertiary/aromatic N) is 2. The molecule has 0 spiro atoms. The molecule has 156 valence electrons. The number of halogens is 1. The van der Waals surface area contributed by atoms with E-state index in [2.05, 4.69) is 20.9 Å². The molecule has 1 N–H and O–H groups in total. The molecule has 1 heterocycles. The van der Waals surface area contributed by atoms with E-state index in [1.807, 2.05) is 6.92 Å². The lowest BCUT2D eigenvalue weighted by Gasteiger charge is -2.11. The number of amidine groups is 1. The molecule has 1 aliphatic heterocycles. The van der Waals surface area contributed by atoms with E-state index in [-0.39, 0.29) is 11.5 Å². The molecule has 0 aromatic heterocycles. The Balaban J connectivity index is 1.94. The Morgan fingerprint density at radius 1 is 1.30 bits per heavy atom. The summed E-state index contributed by atoms with van der Waals surface area (Å²) in [6.07, 6.45) is 1.75. The van der Waals surface area contributed by atoms with Crippen LogP contribution < -0.4 is 9.47 Å². The zero-order valence-electron chi connectivity index (χ0n) is 16.5. The third kappa shape index (κ3) is 4.68. The molecule has 1 aliphatic rings. The lowest BCUT2D eigenvalue weighted by molar-refractivity contribution is -0.121. The van der Waals surface area contributed by atoms with E-state index in [0.717, 1.165) is 10.0 Å². The SMILES string of the molecule is CCOc1cc(Br)c(/C=C2\SC(=Nc3cccc(C(=O)O)c3)N(C)C2=O)cc1OC. The van der Waals surface area contributed by atoms with Crippen LogP contribution >= 0.6 is 27.7 Å². The molecule has 2 aromatic carbocycles. The first-order valence-electron chi connectivity index (χ1n) is 8.94. The first-order chi connectivity index (χ1) is 14.3. The molecule has 0 atom stereocenters. The molecule has 1 amide bonds. The largest absolute Gasteiger partial charge is 0.493 e. The van der Waals surface area contributed by atoms with Gasteiger partial charge in [0.05, 0.1) is 29.9 Å². The fraction of sp³-hybridized carbons (Fsp3) is 0.190. The molecule has 1 fully saturated rings. The van der Waals surface area contributed by atoms with E-state index < -0.39 is 5.97 Å². The van der Waals surface area contributed by atoms with Crippen LogP contribution in [0.25, 0.3) is 6.08 Å². The predicted octanol–water partition coefficient (Wildman–Crippen LogP) is 4.79. The van der Waals surface area contributed by atoms with Crippen molar-refractivity contribution in [3.05, 3.63) is 56.9 Å². The minimum atomic E-state index is -1.03. The molecular formula is C21H19BrN2O5S. The summed E-state index contributed by atoms with van der Waals surface area (Å²) in [4.78, 5) is 30.2. The second kappa shape index (κ2) is 9.36. The molecule has 7 nitrogen and oxygen atoms in total. The maximum Gasteiger partial charge on any atom is 0.335 e. The second-order valence-corrected chi connectivity index (χ2v) is 8.05. The number of thioether (sulfide) groups is 1. The first-order valence-corrected chi connectivity index (χ1v) is 10.5. The molecule has 0 saturated carbocycles. The first kappa shape index (κ1) is 21.9. The molecular weight excluding hydrogens is 472 g/mol. The summed E-state index contributed by atoms with van der Waals surface area (Å²) >= 11 is 4.73. The zero-order valence-corrected chi connectivity index (χ0v) is 18.9. The summed E-state index contributed by atoms with van der Waals surface area (Å²) < 4.78 is 11.7. The Bertz CT molecular complexity index is 1070. The highest BCUT2D eigenvalue weighted by Crippen LogP contribution is 2.38. The van der Waals surface area contributed by atoms with Crippen LogP contribution in [0.3, 0.4) is 0 Å². The zero-order chi connectivity index (χ0) is 21.8. The van der Waals surface area contributed by atoms with Crippen molar-refractivity contribution in [2.24, 2.45) is 4.99 Å². The number of hydrogen-bond donors (Lipinski definition) is 1. The lowest BCUT2D eigenvalue weighted by atomic mass is 10.2. The summed E-state index contributed by atoms with van der Waals surface area (Å²) in [5.41, 5.74) is 1.35. The molecule has 1 saturated heterocycles. The molecule has 0 unspecified atom stereocenters. The number of benzene rings is 2. The summed E-state index contributed by atoms with van der Waals surface area (Å²) in [6, 6.07) is 9.85. The van der Waals surface area contributed by atoms with Gasteiger partial charge in [0, 0.05) is 11.5 Å². The van der Waals surface area contributed by atoms with E-state index in [1.165, 1.54) is 28.8 Å². The minimum absolute atomic E-state index is 0.134. The van der Waals surface area contributed by atoms with Crippen molar-refractivity contribution in [3.8, 4) is 11.5 Å². The molecule has 3 rings (SSSR count). The van der Waals surface area contributed by atoms with Crippen molar-refractivity contribution in [1.82, 2.24) is 4.90 Å². The van der Waals surface area contributed by atoms with Gasteiger partial charge in [-0.05, 0) is 60.7 Å². The van der Waals surface area contributed by atoms with Crippen LogP contribution in [0.2, 0.25) is 0 Å². The van der Waals surface area contributed by atoms with Crippen LogP contribution in [0, 0.1) is 0 Å². The number of carboxylic acid groups (broad SMARTS) is 1. The van der Waals surface area contributed by atoms with Crippen molar-refractivity contribution in [2.75, 3.05) is 20.8 Å². The van der Waals surface area contributed by atoms with Gasteiger partial charge < -0.3 is 14.6 Å². The van der Waals surface area contributed by atoms with Gasteiger partial charge >= 0.3 is 5.97 Å². The van der Waals surface area contributed by atoms with Crippen molar-refractivity contribution in [1.29, 1.82) is 0 Å². The smallest absolute Gasteiger partial charge is 0.335 e. The topological polar surface area (TPSA) is 88.4 Å². The number of aliphatic imine (C=N–C) groups is 1. The Kier molecular flexibility index (Phi) is 6.84. The number of rotatable bonds is 6. The van der Waals surface area contributed by atoms with E-state index in [4.69, 9.17) is 14.6 Å². The third-order valence-electron chi connectivity index (χ3n) is 4.19. The predicted molar refractivity (Wildman–Crippen MR) is 121 cm³/mol. The van der Waals surface area contributed by atoms with Crippen LogP contribution in [-0.4, -0.2) is 47.8 Å². The third-order valence-corrected chi connectivity index (χ3v) is 5.94. The average molecular weight is 491 g/mol. The van der Waals surface area contributed by atoms with Gasteiger partial charge in [-0.15, -0.1) is 0 Å². The molecule has 9 heteroatoms. The fourth-order valence-corrected chi connectivity index (χ4v) is 4.12. The molecule has 0 bridgehead atoms. The van der Waals surface area contributed by atoms with Crippen molar-refractivity contribution < 1.29 is 24.2 Å². The number of carbonyl (C=O) groups is 2. The van der Waals surface area contributed by atoms with Gasteiger partial charge in [-0.25, -0.2) is 9.79 Å². The van der Waals surface area contributed by atoms with Crippen LogP contribution in [0.15, 0.2) is 50.8 Å². The highest BCUT2D eigenvalue weighted by atomic mass is 79.9. The van der Waals surface area contributed by atoms with Gasteiger partial charge in [-0.1, -0.05) is 22.0 Å². The van der Waals surface area contributed by atoms with Crippen molar-refractivity contribution in [3.63, 3.8) is 0 Å². The monoisotopic (exact) mass is 490 g/mol. The maximum atomic E-state index is 12.7. The van der Waals surface area contributed by atoms with E-state index in [0.29, 0.717) is 33.9 Å². The van der Waals surface area contributed by atoms with Gasteiger partial charge in [0.25, 0.3) is 5.91 Å². The number of hydrogen-bond acceptors (Lipinski definition) is 6. The molecule has 0 radical (unpaired) electrons. The normalized spacial score (nSPS) is 16.4. The number of likely N-dealkylation sites (N-methyl/N-ethyl adjacent to an activating group) is 1. The van der Waals surface area contributed by atoms with E-state index >= 15 is 0 Å². The van der Waals surface area contributed by atoms with Crippen LogP contribution in [-0.2, 0) is 4.79 Å². The van der Waals surface area contributed by atoms with E-state index in [1.54, 1.807) is 44.5 Å². The Morgan fingerprint density at radius 2 is 2.07 bits per heavy atom. The molecule has 2 aromatic rings. The molecule has 0 aliphatic carbocycles. The fourth-order valence-electron chi connectivity index (χ4n) is 2.70. The van der Waals surface area contributed by atoms with Crippen molar-refractivity contribution >= 4 is 56.5 Å². The minimum Gasteiger partial charge on any atom is -0.493 e. The van der Waals surface area contributed by atoms with Gasteiger partial charge in [-0.2, -0.15) is 0 Å². The number of aromatic carboxylic acids is 1. The van der Waals surface area contributed by atoms with Crippen molar-refractivity contribution in [2.45, 2.75) is 6.92 Å². The number of amides is 1. The van der Waals surface area contributed by atoms with Gasteiger partial charge in [0.2, 0.25) is 0 Å². The summed E-state index contributed by atoms with van der Waals surface area (Å²) in [5.74, 6) is -0.0597. The number of ether oxygens (including phenoxy) is 2. The Labute approximate surface area is 186 Å². The highest BCUT2D eigenvalue weighted by molar-refractivity contribution is 9.10. The second-order valence-electron chi connectivity index (χ2n) is 6.18. The number of methoxy groups -OCH3 is 1. The standard InChI is InChI=1S/C21H19BrN2O5S/c1-4-29-17-11-15(22)13(9-16(17)28-3)10-18-19(25)24(2)21(30-18)23-14-7-5-6-12(8-14)20(26)27/h5-11H,4H2,1-3H3,(H,26,27)/b18-10-,23-21?. The quantitative estimate of drug-likeness (QED) is 0.585. The Morgan fingerprint density at radius 3 is 2.73 bits per heavy atom. The van der Waals surface area contributed by atoms with Gasteiger partial charge in [-0.3, -0.25) is 9.69 Å². The highest BCUT2D eigenvalue weighted by Gasteiger charge is 2.30. The van der Waals surface area contributed by atoms with Gasteiger partial charge in [0.1, 0.15) is 0 Å². The van der Waals surface area contributed by atoms with Crippen LogP contribution in [0.5, 0.6) is 11.5 Å². The maximum absolute atomic E-state index is 12.7. The van der Waals surface area contributed by atoms with E-state index in [9.17, 15) is 9.59 Å². The van der Waals surface area contributed by atoms with Gasteiger partial charge in [0.15, 0.2) is 16.7 Å². The van der Waals surface area contributed by atoms with Crippen LogP contribution in [0.4, 0.5) is 5.69 Å². The summed E-state index contributed by atoms with van der Waals surface area (Å²) in [5, 5.41) is 9.60.